The molecule has 2 N–H and O–H groups in total. The second kappa shape index (κ2) is 264. The molecule has 35 heavy (non-hydrogen) atoms. The fraction of sp³-hybridized carbons (Fsp3) is 0. The van der Waals surface area contributed by atoms with Gasteiger partial charge in [0.1, 0.15) is 0 Å². The molecule has 0 aromatic carbocycles. The number of hydrogen-bond donors (Lipinski definition) is 0. The van der Waals surface area contributed by atoms with Crippen LogP contribution in [0.2, 0.25) is 0 Å². The Kier molecular flexibility index (Phi) is 2080. The molecule has 0 saturated carbocycles. The predicted octanol–water partition coefficient (Wildman–Crippen LogP) is -98.9. The van der Waals surface area contributed by atoms with Crippen LogP contribution >= 0.6 is 0 Å². The zero-order valence-corrected chi connectivity index (χ0v) is 102. The van der Waals surface area contributed by atoms with Gasteiger partial charge in [-0.25, -0.2) is 0 Å². The molecule has 0 aliphatic heterocycles. The molecule has 0 heterocycles. The van der Waals surface area contributed by atoms with Crippen molar-refractivity contribution >= 4 is 0 Å². The van der Waals surface area contributed by atoms with Gasteiger partial charge < -0.3 is 54.0 Å². The smallest absolute Gasteiger partial charge is 1.00 e. The normalized spacial score (nSPS) is 0. The molecule has 0 unspecified atom stereocenters. The molecule has 0 radical (unpaired) electrons. The maximum atomic E-state index is 0. The molecule has 0 atom stereocenters. The molecule has 35 heteroatoms. The second-order valence-electron chi connectivity index (χ2n) is 0. The molecule has 0 amide bonds. The van der Waals surface area contributed by atoms with Crippen LogP contribution in [0.15, 0.2) is 0 Å². The summed E-state index contributed by atoms with van der Waals surface area (Å²) in [7, 11) is 0. The fourth-order valence-electron chi connectivity index (χ4n) is 0. The van der Waals surface area contributed by atoms with Crippen molar-refractivity contribution in [1.82, 2.24) is 0 Å². The zero-order chi connectivity index (χ0) is 0. The second-order valence-corrected chi connectivity index (χ2v) is 0. The van der Waals surface area contributed by atoms with Gasteiger partial charge in [-0.05, 0) is 0 Å². The number of rotatable bonds is 0. The molecule has 0 rings (SSSR count). The molecule has 0 spiro atoms. The van der Waals surface area contributed by atoms with Gasteiger partial charge >= 0.3 is 1000 Å². The minimum absolute atomic E-state index is 0. The van der Waals surface area contributed by atoms with Gasteiger partial charge in [0.25, 0.3) is 0 Å². The van der Waals surface area contributed by atoms with Crippen LogP contribution in [0.5, 0.6) is 0 Å². The van der Waals surface area contributed by atoms with E-state index in [9.17, 15) is 0 Å². The average molecular weight is 834 g/mol. The van der Waals surface area contributed by atoms with Crippen LogP contribution in [-0.2, 0) is 0 Å². The summed E-state index contributed by atoms with van der Waals surface area (Å²) < 4.78 is 0. The van der Waals surface area contributed by atoms with Gasteiger partial charge in [-0.15, -0.1) is 0 Å². The molecule has 0 aliphatic carbocycles. The summed E-state index contributed by atoms with van der Waals surface area (Å²) in [6.45, 7) is 0. The van der Waals surface area contributed by atoms with Gasteiger partial charge in [0.15, 0.2) is 0 Å². The van der Waals surface area contributed by atoms with Crippen LogP contribution in [0.4, 0.5) is 0 Å². The van der Waals surface area contributed by atoms with E-state index in [1.165, 1.54) is 0 Å². The first kappa shape index (κ1) is 276. The molecule has 0 aromatic rings. The van der Waals surface area contributed by atoms with Gasteiger partial charge in [0, 0.05) is 0 Å². The molecule has 0 fully saturated rings. The zero-order valence-electron chi connectivity index (χ0n) is 68.5. The van der Waals surface area contributed by atoms with E-state index in [2.05, 4.69) is 0 Å². The third-order valence-electron chi connectivity index (χ3n) is 0. The average Bonchev–Trinajstić information content (AvgIpc) is 0. The largest absolute Gasteiger partial charge is 1.00 e. The monoisotopic (exact) mass is 834 g/mol. The summed E-state index contributed by atoms with van der Waals surface area (Å²) in [6.07, 6.45) is 0. The van der Waals surface area contributed by atoms with Crippen molar-refractivity contribution < 1.29 is 1060 Å². The van der Waals surface area contributed by atoms with Crippen LogP contribution in [0.25, 0.3) is 0 Å². The Hall–Kier alpha value is 34.0. The Balaban J connectivity index is 0. The van der Waals surface area contributed by atoms with Gasteiger partial charge in [-0.1, -0.05) is 0 Å². The van der Waals surface area contributed by atoms with Gasteiger partial charge in [-0.2, -0.15) is 0 Å². The van der Waals surface area contributed by atoms with Crippen molar-refractivity contribution in [2.24, 2.45) is 0 Å². The van der Waals surface area contributed by atoms with E-state index in [4.69, 9.17) is 0 Å². The summed E-state index contributed by atoms with van der Waals surface area (Å²) in [4.78, 5) is 0. The molecule has 0 saturated heterocycles. The van der Waals surface area contributed by atoms with Crippen LogP contribution in [0.1, 0.15) is 48.5 Å². The molecular formula is H36Na34O. The Morgan fingerprint density at radius 2 is 0.0857 bits per heavy atom. The van der Waals surface area contributed by atoms with Gasteiger partial charge in [0.2, 0.25) is 0 Å². The van der Waals surface area contributed by atoms with E-state index in [1.807, 2.05) is 0 Å². The molecule has 0 bridgehead atoms. The van der Waals surface area contributed by atoms with Crippen molar-refractivity contribution in [2.45, 2.75) is 0 Å². The third kappa shape index (κ3) is 256. The van der Waals surface area contributed by atoms with Crippen LogP contribution in [0.3, 0.4) is 0 Å². The van der Waals surface area contributed by atoms with Gasteiger partial charge in [-0.3, -0.25) is 0 Å². The number of hydrogen-bond acceptors (Lipinski definition) is 0. The van der Waals surface area contributed by atoms with E-state index < -0.39 is 0 Å². The maximum absolute atomic E-state index is 0. The minimum Gasteiger partial charge on any atom is -1.00 e. The van der Waals surface area contributed by atoms with Crippen LogP contribution in [0, 0.1) is 0 Å². The first-order chi connectivity index (χ1) is 0. The minimum atomic E-state index is 0. The molecular weight excluding hydrogens is 798 g/mol. The molecule has 1 nitrogen and oxygen atoms in total. The van der Waals surface area contributed by atoms with Crippen molar-refractivity contribution in [1.29, 1.82) is 0 Å². The summed E-state index contributed by atoms with van der Waals surface area (Å²) in [5, 5.41) is 0. The fourth-order valence-corrected chi connectivity index (χ4v) is 0. The summed E-state index contributed by atoms with van der Waals surface area (Å²) in [6, 6.07) is 0. The molecule has 0 aliphatic rings. The van der Waals surface area contributed by atoms with Crippen LogP contribution in [-0.4, -0.2) is 5.48 Å². The van der Waals surface area contributed by atoms with E-state index in [-0.39, 0.29) is 1060 Å². The van der Waals surface area contributed by atoms with E-state index in [0.717, 1.165) is 0 Å². The van der Waals surface area contributed by atoms with Crippen LogP contribution < -0.4 is 1000 Å². The quantitative estimate of drug-likeness (QED) is 0.218. The van der Waals surface area contributed by atoms with Crippen molar-refractivity contribution in [3.05, 3.63) is 0 Å². The molecule has 76 valence electrons. The van der Waals surface area contributed by atoms with E-state index in [1.54, 1.807) is 0 Å². The Morgan fingerprint density at radius 3 is 0.0857 bits per heavy atom. The standard InChI is InChI=1S/34Na.H2O.34H/h;;;;;;;;;;;;;;;;;;;;;;;;;;;;;;;;;;1H2;;;;;;;;;;;;;;;;;;;;;;;;;;;;;;;;;;/q34*+1;;34*-1. The van der Waals surface area contributed by atoms with Gasteiger partial charge in [0.05, 0.1) is 0 Å². The summed E-state index contributed by atoms with van der Waals surface area (Å²) >= 11 is 0. The van der Waals surface area contributed by atoms with Crippen molar-refractivity contribution in [3.8, 4) is 0 Å². The van der Waals surface area contributed by atoms with E-state index >= 15 is 0 Å². The SMILES string of the molecule is O.[H-].[H-].[H-].[H-].[H-].[H-].[H-].[H-].[H-].[H-].[H-].[H-].[H-].[H-].[H-].[H-].[H-].[H-].[H-].[H-].[H-].[H-].[H-].[H-].[H-].[H-].[H-].[H-].[H-].[H-].[H-].[H-].[H-].[H-].[Na+].[Na+].[Na+].[Na+].[Na+].[Na+].[Na+].[Na+].[Na+].[Na+].[Na+].[Na+].[Na+].[Na+].[Na+].[Na+].[Na+].[Na+].[Na+].[Na+].[Na+].[Na+].[Na+].[Na+].[Na+].[Na+].[Na+].[Na+].[Na+].[Na+].[Na+].[Na+].[Na+].[Na+]. The third-order valence-corrected chi connectivity index (χ3v) is 0. The molecule has 0 aromatic heterocycles. The predicted molar refractivity (Wildman–Crippen MR) is 41.4 cm³/mol. The Morgan fingerprint density at radius 1 is 0.0857 bits per heavy atom. The summed E-state index contributed by atoms with van der Waals surface area (Å²) in [5.74, 6) is 0. The first-order valence-corrected chi connectivity index (χ1v) is 0. The maximum Gasteiger partial charge on any atom is 1.00 e. The summed E-state index contributed by atoms with van der Waals surface area (Å²) in [5.41, 5.74) is 0. The van der Waals surface area contributed by atoms with Crippen molar-refractivity contribution in [3.63, 3.8) is 0 Å². The topological polar surface area (TPSA) is 31.5 Å². The van der Waals surface area contributed by atoms with E-state index in [0.29, 0.717) is 0 Å². The Bertz CT molecular complexity index is 75.5. The van der Waals surface area contributed by atoms with Crippen molar-refractivity contribution in [2.75, 3.05) is 0 Å². The first-order valence-electron chi connectivity index (χ1n) is 0. The Labute approximate surface area is 1020 Å².